The van der Waals surface area contributed by atoms with Gasteiger partial charge in [-0.3, -0.25) is 0 Å². The first-order valence-corrected chi connectivity index (χ1v) is 6.26. The summed E-state index contributed by atoms with van der Waals surface area (Å²) in [5, 5.41) is 1.97. The van der Waals surface area contributed by atoms with Gasteiger partial charge in [-0.05, 0) is 23.6 Å². The zero-order valence-corrected chi connectivity index (χ0v) is 10.1. The third-order valence-electron chi connectivity index (χ3n) is 2.58. The first-order chi connectivity index (χ1) is 8.86. The van der Waals surface area contributed by atoms with E-state index in [9.17, 15) is 4.39 Å². The van der Waals surface area contributed by atoms with Crippen molar-refractivity contribution in [3.63, 3.8) is 0 Å². The molecule has 2 heterocycles. The fourth-order valence-electron chi connectivity index (χ4n) is 1.76. The van der Waals surface area contributed by atoms with Gasteiger partial charge in [-0.2, -0.15) is 0 Å². The molecule has 0 amide bonds. The summed E-state index contributed by atoms with van der Waals surface area (Å²) in [5.74, 6) is -0.289. The molecular formula is C14H8FN2S. The van der Waals surface area contributed by atoms with Crippen LogP contribution in [-0.2, 0) is 0 Å². The predicted octanol–water partition coefficient (Wildman–Crippen LogP) is 3.81. The molecular weight excluding hydrogens is 247 g/mol. The molecule has 87 valence electrons. The molecule has 0 aliphatic heterocycles. The molecule has 0 bridgehead atoms. The Kier molecular flexibility index (Phi) is 2.86. The molecule has 3 aromatic rings. The summed E-state index contributed by atoms with van der Waals surface area (Å²) in [4.78, 5) is 9.02. The van der Waals surface area contributed by atoms with Crippen LogP contribution in [0.5, 0.6) is 0 Å². The number of nitrogens with zero attached hydrogens (tertiary/aromatic N) is 2. The lowest BCUT2D eigenvalue weighted by Gasteiger charge is -2.06. The number of aromatic nitrogens is 2. The van der Waals surface area contributed by atoms with Gasteiger partial charge in [-0.1, -0.05) is 18.2 Å². The van der Waals surface area contributed by atoms with E-state index < -0.39 is 0 Å². The van der Waals surface area contributed by atoms with Gasteiger partial charge in [0.1, 0.15) is 5.82 Å². The van der Waals surface area contributed by atoms with Gasteiger partial charge in [0, 0.05) is 22.2 Å². The molecule has 2 nitrogen and oxygen atoms in total. The van der Waals surface area contributed by atoms with Gasteiger partial charge in [0.25, 0.3) is 0 Å². The Morgan fingerprint density at radius 3 is 2.72 bits per heavy atom. The van der Waals surface area contributed by atoms with Crippen LogP contribution in [0.2, 0.25) is 0 Å². The lowest BCUT2D eigenvalue weighted by molar-refractivity contribution is 0.630. The number of hydrogen-bond donors (Lipinski definition) is 0. The first-order valence-electron chi connectivity index (χ1n) is 5.38. The second-order valence-electron chi connectivity index (χ2n) is 3.69. The van der Waals surface area contributed by atoms with Gasteiger partial charge in [0.2, 0.25) is 0 Å². The Morgan fingerprint density at radius 2 is 1.94 bits per heavy atom. The largest absolute Gasteiger partial charge is 0.233 e. The number of thiophene rings is 1. The van der Waals surface area contributed by atoms with Crippen molar-refractivity contribution in [1.82, 2.24) is 9.97 Å². The molecule has 4 heteroatoms. The highest BCUT2D eigenvalue weighted by atomic mass is 32.1. The number of halogens is 1. The van der Waals surface area contributed by atoms with Crippen molar-refractivity contribution in [1.29, 1.82) is 0 Å². The smallest absolute Gasteiger partial charge is 0.198 e. The van der Waals surface area contributed by atoms with Crippen LogP contribution in [0.1, 0.15) is 0 Å². The molecule has 0 fully saturated rings. The maximum atomic E-state index is 13.8. The van der Waals surface area contributed by atoms with Crippen LogP contribution in [0.3, 0.4) is 0 Å². The van der Waals surface area contributed by atoms with Crippen molar-refractivity contribution in [2.45, 2.75) is 0 Å². The SMILES string of the molecule is Fc1ccccc1-c1n[c]ncc1-c1cccs1. The lowest BCUT2D eigenvalue weighted by Crippen LogP contribution is -1.92. The Bertz CT molecular complexity index is 665. The first kappa shape index (κ1) is 11.0. The van der Waals surface area contributed by atoms with Crippen molar-refractivity contribution in [3.8, 4) is 21.7 Å². The van der Waals surface area contributed by atoms with Gasteiger partial charge in [-0.15, -0.1) is 11.3 Å². The molecule has 18 heavy (non-hydrogen) atoms. The van der Waals surface area contributed by atoms with Crippen molar-refractivity contribution < 1.29 is 4.39 Å². The highest BCUT2D eigenvalue weighted by Crippen LogP contribution is 2.33. The van der Waals surface area contributed by atoms with Crippen molar-refractivity contribution in [2.24, 2.45) is 0 Å². The molecule has 0 saturated carbocycles. The summed E-state index contributed by atoms with van der Waals surface area (Å²) in [6.07, 6.45) is 4.19. The van der Waals surface area contributed by atoms with E-state index in [4.69, 9.17) is 0 Å². The van der Waals surface area contributed by atoms with Crippen molar-refractivity contribution in [2.75, 3.05) is 0 Å². The average molecular weight is 255 g/mol. The summed E-state index contributed by atoms with van der Waals surface area (Å²) in [5.41, 5.74) is 1.87. The molecule has 0 spiro atoms. The van der Waals surface area contributed by atoms with E-state index in [-0.39, 0.29) is 5.82 Å². The van der Waals surface area contributed by atoms with E-state index >= 15 is 0 Å². The van der Waals surface area contributed by atoms with Crippen LogP contribution in [-0.4, -0.2) is 9.97 Å². The zero-order chi connectivity index (χ0) is 12.4. The highest BCUT2D eigenvalue weighted by Gasteiger charge is 2.13. The van der Waals surface area contributed by atoms with Crippen LogP contribution in [0, 0.1) is 12.1 Å². The molecule has 1 radical (unpaired) electrons. The number of rotatable bonds is 2. The third kappa shape index (κ3) is 1.91. The monoisotopic (exact) mass is 255 g/mol. The van der Waals surface area contributed by atoms with E-state index in [1.807, 2.05) is 17.5 Å². The van der Waals surface area contributed by atoms with Gasteiger partial charge < -0.3 is 0 Å². The fraction of sp³-hybridized carbons (Fsp3) is 0. The molecule has 0 aliphatic rings. The topological polar surface area (TPSA) is 25.8 Å². The maximum Gasteiger partial charge on any atom is 0.198 e. The second-order valence-corrected chi connectivity index (χ2v) is 4.64. The molecule has 0 atom stereocenters. The second kappa shape index (κ2) is 4.66. The van der Waals surface area contributed by atoms with Gasteiger partial charge in [0.05, 0.1) is 5.69 Å². The number of hydrogen-bond acceptors (Lipinski definition) is 3. The minimum atomic E-state index is -0.289. The predicted molar refractivity (Wildman–Crippen MR) is 69.6 cm³/mol. The fourth-order valence-corrected chi connectivity index (χ4v) is 2.50. The molecule has 0 unspecified atom stereocenters. The standard InChI is InChI=1S/C14H8FN2S/c15-12-5-2-1-4-10(12)14-11(8-16-9-17-14)13-6-3-7-18-13/h1-8H. The van der Waals surface area contributed by atoms with Crippen LogP contribution in [0.15, 0.2) is 48.0 Å². The quantitative estimate of drug-likeness (QED) is 0.696. The van der Waals surface area contributed by atoms with E-state index in [2.05, 4.69) is 16.3 Å². The highest BCUT2D eigenvalue weighted by molar-refractivity contribution is 7.13. The summed E-state index contributed by atoms with van der Waals surface area (Å²) < 4.78 is 13.8. The van der Waals surface area contributed by atoms with Gasteiger partial charge in [0.15, 0.2) is 6.33 Å². The summed E-state index contributed by atoms with van der Waals surface area (Å²) in [6, 6.07) is 10.5. The minimum Gasteiger partial charge on any atom is -0.233 e. The Hall–Kier alpha value is -2.07. The molecule has 2 aromatic heterocycles. The van der Waals surface area contributed by atoms with Crippen LogP contribution in [0.25, 0.3) is 21.7 Å². The minimum absolute atomic E-state index is 0.289. The summed E-state index contributed by atoms with van der Waals surface area (Å²) >= 11 is 1.57. The van der Waals surface area contributed by atoms with E-state index in [1.54, 1.807) is 35.7 Å². The summed E-state index contributed by atoms with van der Waals surface area (Å²) in [6.45, 7) is 0. The molecule has 3 rings (SSSR count). The normalized spacial score (nSPS) is 10.5. The molecule has 0 N–H and O–H groups in total. The third-order valence-corrected chi connectivity index (χ3v) is 3.49. The Labute approximate surface area is 108 Å². The summed E-state index contributed by atoms with van der Waals surface area (Å²) in [7, 11) is 0. The van der Waals surface area contributed by atoms with Crippen molar-refractivity contribution >= 4 is 11.3 Å². The van der Waals surface area contributed by atoms with Crippen molar-refractivity contribution in [3.05, 3.63) is 60.1 Å². The molecule has 1 aromatic carbocycles. The average Bonchev–Trinajstić information content (AvgIpc) is 2.93. The van der Waals surface area contributed by atoms with Crippen LogP contribution >= 0.6 is 11.3 Å². The molecule has 0 aliphatic carbocycles. The number of benzene rings is 1. The van der Waals surface area contributed by atoms with Gasteiger partial charge in [-0.25, -0.2) is 14.4 Å². The van der Waals surface area contributed by atoms with E-state index in [0.717, 1.165) is 10.4 Å². The van der Waals surface area contributed by atoms with Crippen LogP contribution in [0.4, 0.5) is 4.39 Å². The zero-order valence-electron chi connectivity index (χ0n) is 9.30. The molecule has 0 saturated heterocycles. The van der Waals surface area contributed by atoms with Crippen LogP contribution < -0.4 is 0 Å². The Morgan fingerprint density at radius 1 is 1.06 bits per heavy atom. The van der Waals surface area contributed by atoms with Gasteiger partial charge >= 0.3 is 0 Å². The maximum absolute atomic E-state index is 13.8. The van der Waals surface area contributed by atoms with E-state index in [0.29, 0.717) is 11.3 Å². The lowest BCUT2D eigenvalue weighted by atomic mass is 10.1. The van der Waals surface area contributed by atoms with E-state index in [1.165, 1.54) is 6.07 Å². The Balaban J connectivity index is 2.22.